The second-order valence-corrected chi connectivity index (χ2v) is 6.30. The molecule has 0 aromatic carbocycles. The van der Waals surface area contributed by atoms with Crippen LogP contribution in [-0.2, 0) is 13.1 Å². The van der Waals surface area contributed by atoms with Crippen LogP contribution in [0.2, 0.25) is 0 Å². The summed E-state index contributed by atoms with van der Waals surface area (Å²) in [7, 11) is 0. The van der Waals surface area contributed by atoms with Gasteiger partial charge in [-0.15, -0.1) is 0 Å². The van der Waals surface area contributed by atoms with Gasteiger partial charge in [0.25, 0.3) is 5.91 Å². The van der Waals surface area contributed by atoms with Crippen molar-refractivity contribution in [2.45, 2.75) is 51.2 Å². The smallest absolute Gasteiger partial charge is 0.275 e. The second-order valence-electron chi connectivity index (χ2n) is 6.30. The molecule has 3 heterocycles. The highest BCUT2D eigenvalue weighted by Crippen LogP contribution is 2.27. The third-order valence-corrected chi connectivity index (χ3v) is 4.72. The van der Waals surface area contributed by atoms with Crippen molar-refractivity contribution in [3.63, 3.8) is 0 Å². The predicted molar refractivity (Wildman–Crippen MR) is 83.2 cm³/mol. The van der Waals surface area contributed by atoms with Crippen molar-refractivity contribution < 1.29 is 13.9 Å². The Labute approximate surface area is 135 Å². The van der Waals surface area contributed by atoms with Gasteiger partial charge in [-0.3, -0.25) is 4.79 Å². The van der Waals surface area contributed by atoms with Crippen LogP contribution in [0.4, 0.5) is 0 Å². The van der Waals surface area contributed by atoms with Crippen molar-refractivity contribution in [3.05, 3.63) is 35.9 Å². The van der Waals surface area contributed by atoms with E-state index < -0.39 is 0 Å². The molecule has 1 fully saturated rings. The van der Waals surface area contributed by atoms with Gasteiger partial charge in [-0.05, 0) is 18.9 Å². The van der Waals surface area contributed by atoms with Gasteiger partial charge in [0, 0.05) is 24.2 Å². The molecule has 1 saturated carbocycles. The molecule has 1 amide bonds. The second kappa shape index (κ2) is 6.10. The molecule has 4 rings (SSSR count). The topological polar surface area (TPSA) is 60.5 Å². The minimum Gasteiger partial charge on any atom is -0.476 e. The molecule has 1 aliphatic carbocycles. The minimum atomic E-state index is -0.0106. The summed E-state index contributed by atoms with van der Waals surface area (Å²) in [6, 6.07) is 3.96. The average Bonchev–Trinajstić information content (AvgIpc) is 3.29. The van der Waals surface area contributed by atoms with Crippen LogP contribution >= 0.6 is 0 Å². The third-order valence-electron chi connectivity index (χ3n) is 4.72. The van der Waals surface area contributed by atoms with Crippen LogP contribution in [-0.4, -0.2) is 33.2 Å². The van der Waals surface area contributed by atoms with Crippen LogP contribution in [0.3, 0.4) is 0 Å². The van der Waals surface area contributed by atoms with Crippen molar-refractivity contribution in [3.8, 4) is 5.88 Å². The first-order chi connectivity index (χ1) is 11.3. The van der Waals surface area contributed by atoms with Crippen LogP contribution in [0.5, 0.6) is 5.88 Å². The Hall–Kier alpha value is -2.24. The summed E-state index contributed by atoms with van der Waals surface area (Å²) in [5.74, 6) is 0.684. The molecule has 0 N–H and O–H groups in total. The van der Waals surface area contributed by atoms with Crippen LogP contribution in [0, 0.1) is 0 Å². The maximum absolute atomic E-state index is 13.0. The molecule has 0 bridgehead atoms. The number of carbonyl (C=O) groups excluding carboxylic acids is 1. The number of hydrogen-bond donors (Lipinski definition) is 0. The number of rotatable bonds is 4. The van der Waals surface area contributed by atoms with Crippen molar-refractivity contribution >= 4 is 5.91 Å². The van der Waals surface area contributed by atoms with E-state index in [1.807, 2.05) is 11.0 Å². The zero-order valence-electron chi connectivity index (χ0n) is 13.1. The molecule has 2 aromatic rings. The Morgan fingerprint density at radius 2 is 2.22 bits per heavy atom. The summed E-state index contributed by atoms with van der Waals surface area (Å²) in [5.41, 5.74) is 1.50. The minimum absolute atomic E-state index is 0.0106. The fourth-order valence-corrected chi connectivity index (χ4v) is 3.50. The van der Waals surface area contributed by atoms with E-state index >= 15 is 0 Å². The van der Waals surface area contributed by atoms with E-state index in [2.05, 4.69) is 5.10 Å². The van der Waals surface area contributed by atoms with Crippen molar-refractivity contribution in [2.75, 3.05) is 6.61 Å². The molecule has 2 aromatic heterocycles. The van der Waals surface area contributed by atoms with E-state index in [1.54, 1.807) is 23.3 Å². The van der Waals surface area contributed by atoms with Gasteiger partial charge < -0.3 is 14.1 Å². The van der Waals surface area contributed by atoms with Gasteiger partial charge in [0.2, 0.25) is 5.88 Å². The highest BCUT2D eigenvalue weighted by atomic mass is 16.5. The standard InChI is InChI=1S/C17H21N3O3/c21-17(15-10-16-20(18-15)7-9-23-16)19(11-13-6-8-22-12-13)14-4-2-1-3-5-14/h6,8,10,12,14H,1-5,7,9,11H2. The van der Waals surface area contributed by atoms with Gasteiger partial charge in [0.05, 0.1) is 19.1 Å². The summed E-state index contributed by atoms with van der Waals surface area (Å²) in [5, 5.41) is 4.41. The highest BCUT2D eigenvalue weighted by Gasteiger charge is 2.29. The molecule has 0 radical (unpaired) electrons. The zero-order valence-corrected chi connectivity index (χ0v) is 13.1. The molecule has 23 heavy (non-hydrogen) atoms. The number of fused-ring (bicyclic) bond motifs is 1. The molecular weight excluding hydrogens is 294 g/mol. The lowest BCUT2D eigenvalue weighted by Gasteiger charge is -2.33. The number of aromatic nitrogens is 2. The maximum atomic E-state index is 13.0. The van der Waals surface area contributed by atoms with Gasteiger partial charge in [-0.1, -0.05) is 19.3 Å². The van der Waals surface area contributed by atoms with Gasteiger partial charge in [-0.25, -0.2) is 4.68 Å². The van der Waals surface area contributed by atoms with E-state index in [-0.39, 0.29) is 11.9 Å². The molecule has 122 valence electrons. The quantitative estimate of drug-likeness (QED) is 0.870. The number of hydrogen-bond acceptors (Lipinski definition) is 4. The lowest BCUT2D eigenvalue weighted by atomic mass is 9.93. The monoisotopic (exact) mass is 315 g/mol. The first-order valence-corrected chi connectivity index (χ1v) is 8.34. The van der Waals surface area contributed by atoms with Crippen molar-refractivity contribution in [2.24, 2.45) is 0 Å². The number of amides is 1. The predicted octanol–water partition coefficient (Wildman–Crippen LogP) is 2.84. The molecule has 2 aliphatic rings. The maximum Gasteiger partial charge on any atom is 0.275 e. The molecule has 1 aliphatic heterocycles. The van der Waals surface area contributed by atoms with E-state index in [1.165, 1.54) is 19.3 Å². The number of carbonyl (C=O) groups is 1. The summed E-state index contributed by atoms with van der Waals surface area (Å²) in [6.07, 6.45) is 9.11. The Kier molecular flexibility index (Phi) is 3.81. The Bertz CT molecular complexity index is 650. The van der Waals surface area contributed by atoms with Crippen LogP contribution in [0.1, 0.15) is 48.2 Å². The summed E-state index contributed by atoms with van der Waals surface area (Å²) in [4.78, 5) is 15.0. The van der Waals surface area contributed by atoms with Crippen molar-refractivity contribution in [1.82, 2.24) is 14.7 Å². The van der Waals surface area contributed by atoms with Crippen LogP contribution in [0.15, 0.2) is 29.1 Å². The highest BCUT2D eigenvalue weighted by molar-refractivity contribution is 5.92. The van der Waals surface area contributed by atoms with Crippen LogP contribution in [0.25, 0.3) is 0 Å². The summed E-state index contributed by atoms with van der Waals surface area (Å²) >= 11 is 0. The Morgan fingerprint density at radius 1 is 1.35 bits per heavy atom. The van der Waals surface area contributed by atoms with Crippen LogP contribution < -0.4 is 4.74 Å². The average molecular weight is 315 g/mol. The lowest BCUT2D eigenvalue weighted by Crippen LogP contribution is -2.41. The van der Waals surface area contributed by atoms with E-state index in [9.17, 15) is 4.79 Å². The van der Waals surface area contributed by atoms with Gasteiger partial charge in [0.15, 0.2) is 5.69 Å². The number of ether oxygens (including phenoxy) is 1. The van der Waals surface area contributed by atoms with E-state index in [0.29, 0.717) is 31.3 Å². The van der Waals surface area contributed by atoms with Crippen molar-refractivity contribution in [1.29, 1.82) is 0 Å². The summed E-state index contributed by atoms with van der Waals surface area (Å²) in [6.45, 7) is 1.93. The molecule has 6 heteroatoms. The SMILES string of the molecule is O=C(c1cc2n(n1)CCO2)N(Cc1ccoc1)C1CCCCC1. The summed E-state index contributed by atoms with van der Waals surface area (Å²) < 4.78 is 12.4. The Balaban J connectivity index is 1.58. The zero-order chi connectivity index (χ0) is 15.6. The normalized spacial score (nSPS) is 17.7. The third kappa shape index (κ3) is 2.85. The molecule has 0 atom stereocenters. The molecular formula is C17H21N3O3. The Morgan fingerprint density at radius 3 is 2.96 bits per heavy atom. The largest absolute Gasteiger partial charge is 0.476 e. The first-order valence-electron chi connectivity index (χ1n) is 8.34. The molecule has 0 unspecified atom stereocenters. The fourth-order valence-electron chi connectivity index (χ4n) is 3.50. The molecule has 6 nitrogen and oxygen atoms in total. The fraction of sp³-hybridized carbons (Fsp3) is 0.529. The van der Waals surface area contributed by atoms with Gasteiger partial charge >= 0.3 is 0 Å². The molecule has 0 spiro atoms. The van der Waals surface area contributed by atoms with Gasteiger partial charge in [0.1, 0.15) is 6.61 Å². The number of furan rings is 1. The van der Waals surface area contributed by atoms with Gasteiger partial charge in [-0.2, -0.15) is 5.10 Å². The van der Waals surface area contributed by atoms with E-state index in [4.69, 9.17) is 9.15 Å². The number of nitrogens with zero attached hydrogens (tertiary/aromatic N) is 3. The first kappa shape index (κ1) is 14.4. The van der Waals surface area contributed by atoms with E-state index in [0.717, 1.165) is 18.4 Å². The molecule has 0 saturated heterocycles. The lowest BCUT2D eigenvalue weighted by molar-refractivity contribution is 0.0606.